The van der Waals surface area contributed by atoms with E-state index in [9.17, 15) is 10.1 Å². The first kappa shape index (κ1) is 12.3. The van der Waals surface area contributed by atoms with E-state index in [1.54, 1.807) is 6.07 Å². The van der Waals surface area contributed by atoms with Crippen LogP contribution in [-0.2, 0) is 0 Å². The van der Waals surface area contributed by atoms with Crippen molar-refractivity contribution >= 4 is 11.4 Å². The Morgan fingerprint density at radius 2 is 2.33 bits per heavy atom. The van der Waals surface area contributed by atoms with Gasteiger partial charge in [-0.15, -0.1) is 0 Å². The van der Waals surface area contributed by atoms with Crippen molar-refractivity contribution in [2.75, 3.05) is 11.4 Å². The van der Waals surface area contributed by atoms with Gasteiger partial charge >= 0.3 is 0 Å². The minimum absolute atomic E-state index is 0.0831. The summed E-state index contributed by atoms with van der Waals surface area (Å²) in [6, 6.07) is 6.74. The summed E-state index contributed by atoms with van der Waals surface area (Å²) in [6.45, 7) is 2.78. The number of nitro benzene ring substituents is 1. The Morgan fingerprint density at radius 3 is 2.83 bits per heavy atom. The lowest BCUT2D eigenvalue weighted by molar-refractivity contribution is -0.385. The average molecular weight is 246 g/mol. The van der Waals surface area contributed by atoms with Gasteiger partial charge in [-0.2, -0.15) is 5.26 Å². The summed E-state index contributed by atoms with van der Waals surface area (Å²) in [4.78, 5) is 12.4. The van der Waals surface area contributed by atoms with Crippen molar-refractivity contribution in [3.05, 3.63) is 33.9 Å². The van der Waals surface area contributed by atoms with Gasteiger partial charge in [-0.05, 0) is 25.5 Å². The molecule has 1 aromatic rings. The molecule has 1 aliphatic heterocycles. The molecule has 1 aromatic carbocycles. The van der Waals surface area contributed by atoms with E-state index in [-0.39, 0.29) is 23.3 Å². The highest BCUT2D eigenvalue weighted by molar-refractivity contribution is 5.61. The molecule has 1 saturated heterocycles. The molecule has 6 nitrogen and oxygen atoms in total. The highest BCUT2D eigenvalue weighted by Gasteiger charge is 2.29. The number of nitrogens with two attached hydrogens (primary N) is 1. The van der Waals surface area contributed by atoms with Crippen molar-refractivity contribution in [2.45, 2.75) is 25.4 Å². The van der Waals surface area contributed by atoms with Crippen LogP contribution in [0.5, 0.6) is 0 Å². The largest absolute Gasteiger partial charge is 0.367 e. The monoisotopic (exact) mass is 246 g/mol. The van der Waals surface area contributed by atoms with Gasteiger partial charge in [-0.3, -0.25) is 10.1 Å². The van der Waals surface area contributed by atoms with Gasteiger partial charge in [0.2, 0.25) is 0 Å². The zero-order valence-corrected chi connectivity index (χ0v) is 10.0. The molecule has 1 aliphatic rings. The molecule has 0 aromatic heterocycles. The molecule has 94 valence electrons. The third-order valence-electron chi connectivity index (χ3n) is 3.44. The van der Waals surface area contributed by atoms with E-state index >= 15 is 0 Å². The van der Waals surface area contributed by atoms with E-state index in [1.165, 1.54) is 12.1 Å². The van der Waals surface area contributed by atoms with Crippen molar-refractivity contribution in [2.24, 2.45) is 5.73 Å². The van der Waals surface area contributed by atoms with Crippen molar-refractivity contribution in [1.29, 1.82) is 5.26 Å². The van der Waals surface area contributed by atoms with Crippen LogP contribution in [0.1, 0.15) is 18.9 Å². The number of rotatable bonds is 2. The Hall–Kier alpha value is -2.13. The molecule has 18 heavy (non-hydrogen) atoms. The van der Waals surface area contributed by atoms with Crippen LogP contribution in [-0.4, -0.2) is 23.6 Å². The molecule has 1 fully saturated rings. The first-order chi connectivity index (χ1) is 8.54. The number of nitro groups is 1. The number of hydrogen-bond donors (Lipinski definition) is 1. The SMILES string of the molecule is CC1C(N)CCN1c1ccc(C#N)c([N+](=O)[O-])c1. The summed E-state index contributed by atoms with van der Waals surface area (Å²) in [6.07, 6.45) is 0.870. The topological polar surface area (TPSA) is 96.2 Å². The second-order valence-electron chi connectivity index (χ2n) is 4.46. The van der Waals surface area contributed by atoms with Gasteiger partial charge in [0.25, 0.3) is 5.69 Å². The van der Waals surface area contributed by atoms with E-state index in [1.807, 2.05) is 17.9 Å². The molecule has 0 amide bonds. The minimum atomic E-state index is -0.525. The van der Waals surface area contributed by atoms with E-state index < -0.39 is 4.92 Å². The fourth-order valence-electron chi connectivity index (χ4n) is 2.27. The maximum Gasteiger partial charge on any atom is 0.289 e. The van der Waals surface area contributed by atoms with Crippen molar-refractivity contribution < 1.29 is 4.92 Å². The molecule has 0 aliphatic carbocycles. The van der Waals surface area contributed by atoms with Gasteiger partial charge in [-0.25, -0.2) is 0 Å². The van der Waals surface area contributed by atoms with Gasteiger partial charge in [0.1, 0.15) is 11.6 Å². The van der Waals surface area contributed by atoms with Crippen molar-refractivity contribution in [3.63, 3.8) is 0 Å². The number of hydrogen-bond acceptors (Lipinski definition) is 5. The Kier molecular flexibility index (Phi) is 3.17. The maximum absolute atomic E-state index is 10.9. The molecule has 0 radical (unpaired) electrons. The number of benzene rings is 1. The summed E-state index contributed by atoms with van der Waals surface area (Å²) < 4.78 is 0. The van der Waals surface area contributed by atoms with Crippen LogP contribution in [0.4, 0.5) is 11.4 Å². The highest BCUT2D eigenvalue weighted by Crippen LogP contribution is 2.29. The summed E-state index contributed by atoms with van der Waals surface area (Å²) in [7, 11) is 0. The fourth-order valence-corrected chi connectivity index (χ4v) is 2.27. The standard InChI is InChI=1S/C12H14N4O2/c1-8-11(14)4-5-15(8)10-3-2-9(7-13)12(6-10)16(17)18/h2-3,6,8,11H,4-5,14H2,1H3. The Morgan fingerprint density at radius 1 is 1.61 bits per heavy atom. The lowest BCUT2D eigenvalue weighted by atomic mass is 10.1. The average Bonchev–Trinajstić information content (AvgIpc) is 2.69. The Bertz CT molecular complexity index is 523. The van der Waals surface area contributed by atoms with Gasteiger partial charge in [0, 0.05) is 30.4 Å². The molecule has 0 saturated carbocycles. The molecule has 2 unspecified atom stereocenters. The predicted octanol–water partition coefficient (Wildman–Crippen LogP) is 1.39. The molecule has 2 N–H and O–H groups in total. The molecule has 1 heterocycles. The van der Waals surface area contributed by atoms with E-state index in [0.717, 1.165) is 18.7 Å². The molecule has 6 heteroatoms. The number of nitriles is 1. The second-order valence-corrected chi connectivity index (χ2v) is 4.46. The molecule has 2 atom stereocenters. The first-order valence-corrected chi connectivity index (χ1v) is 5.75. The molecule has 0 bridgehead atoms. The Balaban J connectivity index is 2.39. The van der Waals surface area contributed by atoms with E-state index in [4.69, 9.17) is 11.0 Å². The number of anilines is 1. The summed E-state index contributed by atoms with van der Waals surface area (Å²) in [5.74, 6) is 0. The third kappa shape index (κ3) is 2.00. The van der Waals surface area contributed by atoms with E-state index in [0.29, 0.717) is 0 Å². The van der Waals surface area contributed by atoms with Crippen LogP contribution in [0.3, 0.4) is 0 Å². The maximum atomic E-state index is 10.9. The minimum Gasteiger partial charge on any atom is -0.367 e. The summed E-state index contributed by atoms with van der Waals surface area (Å²) >= 11 is 0. The van der Waals surface area contributed by atoms with Crippen molar-refractivity contribution in [3.8, 4) is 6.07 Å². The van der Waals surface area contributed by atoms with Crippen LogP contribution >= 0.6 is 0 Å². The zero-order valence-electron chi connectivity index (χ0n) is 10.0. The fraction of sp³-hybridized carbons (Fsp3) is 0.417. The Labute approximate surface area is 105 Å². The lowest BCUT2D eigenvalue weighted by Crippen LogP contribution is -2.36. The molecular formula is C12H14N4O2. The van der Waals surface area contributed by atoms with Crippen LogP contribution in [0.2, 0.25) is 0 Å². The van der Waals surface area contributed by atoms with Gasteiger partial charge in [-0.1, -0.05) is 0 Å². The third-order valence-corrected chi connectivity index (χ3v) is 3.44. The molecule has 0 spiro atoms. The molecular weight excluding hydrogens is 232 g/mol. The lowest BCUT2D eigenvalue weighted by Gasteiger charge is -2.25. The number of nitrogens with zero attached hydrogens (tertiary/aromatic N) is 3. The van der Waals surface area contributed by atoms with Crippen LogP contribution < -0.4 is 10.6 Å². The van der Waals surface area contributed by atoms with E-state index in [2.05, 4.69) is 0 Å². The van der Waals surface area contributed by atoms with Crippen LogP contribution in [0.15, 0.2) is 18.2 Å². The van der Waals surface area contributed by atoms with Gasteiger partial charge < -0.3 is 10.6 Å². The summed E-state index contributed by atoms with van der Waals surface area (Å²) in [5.41, 5.74) is 6.62. The zero-order chi connectivity index (χ0) is 13.3. The molecule has 2 rings (SSSR count). The highest BCUT2D eigenvalue weighted by atomic mass is 16.6. The van der Waals surface area contributed by atoms with Crippen LogP contribution in [0.25, 0.3) is 0 Å². The second kappa shape index (κ2) is 4.63. The predicted molar refractivity (Wildman–Crippen MR) is 67.2 cm³/mol. The first-order valence-electron chi connectivity index (χ1n) is 5.75. The quantitative estimate of drug-likeness (QED) is 0.628. The van der Waals surface area contributed by atoms with Crippen molar-refractivity contribution in [1.82, 2.24) is 0 Å². The van der Waals surface area contributed by atoms with Crippen LogP contribution in [0, 0.1) is 21.4 Å². The van der Waals surface area contributed by atoms with Gasteiger partial charge in [0.15, 0.2) is 0 Å². The summed E-state index contributed by atoms with van der Waals surface area (Å²) in [5, 5.41) is 19.7. The normalized spacial score (nSPS) is 22.8. The van der Waals surface area contributed by atoms with Gasteiger partial charge in [0.05, 0.1) is 4.92 Å². The smallest absolute Gasteiger partial charge is 0.289 e.